The number of carbonyl (C=O) groups is 1. The van der Waals surface area contributed by atoms with Crippen LogP contribution in [0.4, 0.5) is 4.39 Å². The van der Waals surface area contributed by atoms with Crippen molar-refractivity contribution in [2.75, 3.05) is 20.3 Å². The molecular formula is C19H22FNO3. The van der Waals surface area contributed by atoms with E-state index in [0.717, 1.165) is 24.2 Å². The van der Waals surface area contributed by atoms with Crippen molar-refractivity contribution in [3.63, 3.8) is 0 Å². The third-order valence-corrected chi connectivity index (χ3v) is 3.54. The molecule has 0 aliphatic carbocycles. The van der Waals surface area contributed by atoms with Crippen LogP contribution in [0.15, 0.2) is 42.5 Å². The Bertz CT molecular complexity index is 688. The molecule has 0 fully saturated rings. The molecule has 2 aromatic rings. The zero-order valence-electron chi connectivity index (χ0n) is 14.0. The molecule has 5 heteroatoms. The summed E-state index contributed by atoms with van der Waals surface area (Å²) in [6.07, 6.45) is 1.57. The molecule has 0 saturated carbocycles. The van der Waals surface area contributed by atoms with Gasteiger partial charge in [-0.3, -0.25) is 4.79 Å². The van der Waals surface area contributed by atoms with E-state index in [2.05, 4.69) is 5.32 Å². The summed E-state index contributed by atoms with van der Waals surface area (Å²) in [4.78, 5) is 11.9. The molecule has 0 unspecified atom stereocenters. The van der Waals surface area contributed by atoms with Crippen molar-refractivity contribution in [3.8, 4) is 11.5 Å². The summed E-state index contributed by atoms with van der Waals surface area (Å²) in [7, 11) is 1.61. The van der Waals surface area contributed by atoms with Gasteiger partial charge in [0.25, 0.3) is 5.91 Å². The van der Waals surface area contributed by atoms with Gasteiger partial charge >= 0.3 is 0 Å². The average molecular weight is 331 g/mol. The number of rotatable bonds is 8. The van der Waals surface area contributed by atoms with Crippen LogP contribution in [0.2, 0.25) is 0 Å². The van der Waals surface area contributed by atoms with E-state index in [-0.39, 0.29) is 5.91 Å². The Kier molecular flexibility index (Phi) is 6.61. The molecule has 0 atom stereocenters. The second-order valence-corrected chi connectivity index (χ2v) is 5.29. The van der Waals surface area contributed by atoms with E-state index in [4.69, 9.17) is 9.47 Å². The highest BCUT2D eigenvalue weighted by Gasteiger charge is 2.07. The fourth-order valence-corrected chi connectivity index (χ4v) is 2.37. The van der Waals surface area contributed by atoms with Crippen LogP contribution in [0.1, 0.15) is 29.3 Å². The van der Waals surface area contributed by atoms with Gasteiger partial charge in [0.15, 0.2) is 11.5 Å². The molecule has 24 heavy (non-hydrogen) atoms. The lowest BCUT2D eigenvalue weighted by Gasteiger charge is -2.11. The number of hydrogen-bond donors (Lipinski definition) is 1. The second kappa shape index (κ2) is 8.91. The highest BCUT2D eigenvalue weighted by molar-refractivity contribution is 5.94. The lowest BCUT2D eigenvalue weighted by molar-refractivity contribution is 0.0952. The monoisotopic (exact) mass is 331 g/mol. The number of methoxy groups -OCH3 is 1. The predicted octanol–water partition coefficient (Wildman–Crippen LogP) is 3.60. The molecule has 2 aromatic carbocycles. The SMILES string of the molecule is CCOc1ccc(CCCNC(=O)c2cccc(F)c2)cc1OC. The Hall–Kier alpha value is -2.56. The maximum atomic E-state index is 13.1. The molecule has 0 spiro atoms. The van der Waals surface area contributed by atoms with Crippen LogP contribution < -0.4 is 14.8 Å². The Morgan fingerprint density at radius 3 is 2.71 bits per heavy atom. The first-order valence-electron chi connectivity index (χ1n) is 7.97. The van der Waals surface area contributed by atoms with Gasteiger partial charge < -0.3 is 14.8 Å². The third-order valence-electron chi connectivity index (χ3n) is 3.54. The molecule has 1 amide bonds. The number of ether oxygens (including phenoxy) is 2. The molecule has 0 radical (unpaired) electrons. The molecule has 4 nitrogen and oxygen atoms in total. The Balaban J connectivity index is 1.83. The molecule has 1 N–H and O–H groups in total. The Labute approximate surface area is 141 Å². The van der Waals surface area contributed by atoms with Crippen LogP contribution in [-0.4, -0.2) is 26.2 Å². The number of nitrogens with one attached hydrogen (secondary N) is 1. The van der Waals surface area contributed by atoms with Crippen LogP contribution in [0.3, 0.4) is 0 Å². The zero-order valence-corrected chi connectivity index (χ0v) is 14.0. The first-order chi connectivity index (χ1) is 11.6. The van der Waals surface area contributed by atoms with Crippen molar-refractivity contribution in [2.45, 2.75) is 19.8 Å². The quantitative estimate of drug-likeness (QED) is 0.752. The van der Waals surface area contributed by atoms with Crippen LogP contribution >= 0.6 is 0 Å². The number of carbonyl (C=O) groups excluding carboxylic acids is 1. The zero-order chi connectivity index (χ0) is 17.4. The van der Waals surface area contributed by atoms with Gasteiger partial charge in [-0.05, 0) is 55.7 Å². The standard InChI is InChI=1S/C19H22FNO3/c1-3-24-17-10-9-14(12-18(17)23-2)6-5-11-21-19(22)15-7-4-8-16(20)13-15/h4,7-10,12-13H,3,5-6,11H2,1-2H3,(H,21,22). The van der Waals surface area contributed by atoms with Crippen molar-refractivity contribution in [1.29, 1.82) is 0 Å². The van der Waals surface area contributed by atoms with Crippen LogP contribution in [0, 0.1) is 5.82 Å². The summed E-state index contributed by atoms with van der Waals surface area (Å²) in [5, 5.41) is 2.80. The first kappa shape index (κ1) is 17.8. The summed E-state index contributed by atoms with van der Waals surface area (Å²) >= 11 is 0. The van der Waals surface area contributed by atoms with E-state index in [0.29, 0.717) is 24.5 Å². The van der Waals surface area contributed by atoms with Gasteiger partial charge in [0.05, 0.1) is 13.7 Å². The largest absolute Gasteiger partial charge is 0.493 e. The first-order valence-corrected chi connectivity index (χ1v) is 7.97. The molecule has 0 saturated heterocycles. The van der Waals surface area contributed by atoms with E-state index < -0.39 is 5.82 Å². The van der Waals surface area contributed by atoms with E-state index in [1.807, 2.05) is 25.1 Å². The van der Waals surface area contributed by atoms with Crippen molar-refractivity contribution in [1.82, 2.24) is 5.32 Å². The second-order valence-electron chi connectivity index (χ2n) is 5.29. The lowest BCUT2D eigenvalue weighted by atomic mass is 10.1. The fraction of sp³-hybridized carbons (Fsp3) is 0.316. The van der Waals surface area contributed by atoms with E-state index in [1.54, 1.807) is 13.2 Å². The summed E-state index contributed by atoms with van der Waals surface area (Å²) in [5.41, 5.74) is 1.44. The van der Waals surface area contributed by atoms with Crippen LogP contribution in [-0.2, 0) is 6.42 Å². The fourth-order valence-electron chi connectivity index (χ4n) is 2.37. The minimum Gasteiger partial charge on any atom is -0.493 e. The van der Waals surface area contributed by atoms with Crippen molar-refractivity contribution < 1.29 is 18.7 Å². The third kappa shape index (κ3) is 4.98. The topological polar surface area (TPSA) is 47.6 Å². The highest BCUT2D eigenvalue weighted by atomic mass is 19.1. The predicted molar refractivity (Wildman–Crippen MR) is 91.2 cm³/mol. The average Bonchev–Trinajstić information content (AvgIpc) is 2.59. The molecule has 0 aliphatic rings. The molecule has 0 bridgehead atoms. The van der Waals surface area contributed by atoms with Gasteiger partial charge in [-0.15, -0.1) is 0 Å². The van der Waals surface area contributed by atoms with Crippen LogP contribution in [0.5, 0.6) is 11.5 Å². The number of aryl methyl sites for hydroxylation is 1. The molecule has 128 valence electrons. The van der Waals surface area contributed by atoms with Gasteiger partial charge in [-0.2, -0.15) is 0 Å². The molecule has 2 rings (SSSR count). The van der Waals surface area contributed by atoms with Gasteiger partial charge in [0, 0.05) is 12.1 Å². The van der Waals surface area contributed by atoms with Crippen LogP contribution in [0.25, 0.3) is 0 Å². The minimum absolute atomic E-state index is 0.265. The normalized spacial score (nSPS) is 10.3. The maximum Gasteiger partial charge on any atom is 0.251 e. The van der Waals surface area contributed by atoms with Gasteiger partial charge in [-0.1, -0.05) is 12.1 Å². The number of hydrogen-bond acceptors (Lipinski definition) is 3. The Morgan fingerprint density at radius 1 is 1.17 bits per heavy atom. The van der Waals surface area contributed by atoms with E-state index in [9.17, 15) is 9.18 Å². The Morgan fingerprint density at radius 2 is 2.00 bits per heavy atom. The number of amides is 1. The summed E-state index contributed by atoms with van der Waals surface area (Å²) in [5.74, 6) is 0.754. The van der Waals surface area contributed by atoms with Crippen molar-refractivity contribution in [3.05, 3.63) is 59.4 Å². The van der Waals surface area contributed by atoms with Crippen molar-refractivity contribution >= 4 is 5.91 Å². The molecule has 0 aliphatic heterocycles. The number of halogens is 1. The molecule has 0 aromatic heterocycles. The summed E-state index contributed by atoms with van der Waals surface area (Å²) in [6, 6.07) is 11.5. The molecular weight excluding hydrogens is 309 g/mol. The number of benzene rings is 2. The summed E-state index contributed by atoms with van der Waals surface area (Å²) < 4.78 is 23.9. The van der Waals surface area contributed by atoms with Gasteiger partial charge in [0.1, 0.15) is 5.82 Å². The van der Waals surface area contributed by atoms with Gasteiger partial charge in [-0.25, -0.2) is 4.39 Å². The lowest BCUT2D eigenvalue weighted by Crippen LogP contribution is -2.24. The highest BCUT2D eigenvalue weighted by Crippen LogP contribution is 2.28. The minimum atomic E-state index is -0.413. The molecule has 0 heterocycles. The van der Waals surface area contributed by atoms with Gasteiger partial charge in [0.2, 0.25) is 0 Å². The van der Waals surface area contributed by atoms with E-state index >= 15 is 0 Å². The van der Waals surface area contributed by atoms with E-state index in [1.165, 1.54) is 18.2 Å². The maximum absolute atomic E-state index is 13.1. The smallest absolute Gasteiger partial charge is 0.251 e. The summed E-state index contributed by atoms with van der Waals surface area (Å²) in [6.45, 7) is 3.03. The van der Waals surface area contributed by atoms with Crippen molar-refractivity contribution in [2.24, 2.45) is 0 Å².